The van der Waals surface area contributed by atoms with Gasteiger partial charge in [0.05, 0.1) is 5.69 Å². The van der Waals surface area contributed by atoms with E-state index in [-0.39, 0.29) is 23.0 Å². The molecule has 1 aliphatic carbocycles. The molecule has 0 spiro atoms. The zero-order chi connectivity index (χ0) is 16.2. The quantitative estimate of drug-likeness (QED) is 0.848. The molecule has 1 aromatic carbocycles. The molecule has 0 saturated heterocycles. The Morgan fingerprint density at radius 3 is 2.52 bits per heavy atom. The van der Waals surface area contributed by atoms with Crippen molar-refractivity contribution in [1.29, 1.82) is 0 Å². The van der Waals surface area contributed by atoms with E-state index in [4.69, 9.17) is 0 Å². The van der Waals surface area contributed by atoms with Crippen molar-refractivity contribution in [3.8, 4) is 0 Å². The van der Waals surface area contributed by atoms with Crippen molar-refractivity contribution < 1.29 is 9.59 Å². The number of rotatable bonds is 4. The molecule has 3 rings (SSSR count). The van der Waals surface area contributed by atoms with E-state index < -0.39 is 5.91 Å². The number of anilines is 1. The van der Waals surface area contributed by atoms with Gasteiger partial charge in [0, 0.05) is 17.5 Å². The van der Waals surface area contributed by atoms with Crippen molar-refractivity contribution in [1.82, 2.24) is 10.2 Å². The summed E-state index contributed by atoms with van der Waals surface area (Å²) in [7, 11) is 0. The van der Waals surface area contributed by atoms with Gasteiger partial charge >= 0.3 is 0 Å². The minimum absolute atomic E-state index is 0.0410. The number of aromatic amines is 1. The maximum Gasteiger partial charge on any atom is 0.276 e. The van der Waals surface area contributed by atoms with Crippen molar-refractivity contribution in [3.05, 3.63) is 58.0 Å². The van der Waals surface area contributed by atoms with E-state index in [0.29, 0.717) is 11.3 Å². The highest BCUT2D eigenvalue weighted by Gasteiger charge is 2.25. The number of nitrogens with zero attached hydrogens (tertiary/aromatic N) is 1. The summed E-state index contributed by atoms with van der Waals surface area (Å²) in [5.41, 5.74) is 0.714. The highest BCUT2D eigenvalue weighted by atomic mass is 16.2. The number of carbonyl (C=O) groups is 2. The molecule has 2 aromatic rings. The SMILES string of the molecule is O=C(Nc1ccccc1C(=O)C1CCCC1)c1ccc(=O)[nH]n1. The number of carbonyl (C=O) groups excluding carboxylic acids is 2. The summed E-state index contributed by atoms with van der Waals surface area (Å²) < 4.78 is 0. The van der Waals surface area contributed by atoms with E-state index in [1.165, 1.54) is 12.1 Å². The van der Waals surface area contributed by atoms with Gasteiger partial charge in [0.15, 0.2) is 5.78 Å². The third-order valence-corrected chi connectivity index (χ3v) is 4.08. The number of Topliss-reactive ketones (excluding diaryl/α,β-unsaturated/α-hetero) is 1. The third-order valence-electron chi connectivity index (χ3n) is 4.08. The van der Waals surface area contributed by atoms with E-state index >= 15 is 0 Å². The number of benzene rings is 1. The van der Waals surface area contributed by atoms with E-state index in [9.17, 15) is 14.4 Å². The van der Waals surface area contributed by atoms with Gasteiger partial charge in [-0.2, -0.15) is 5.10 Å². The first-order valence-corrected chi connectivity index (χ1v) is 7.65. The van der Waals surface area contributed by atoms with Gasteiger partial charge in [0.25, 0.3) is 11.5 Å². The molecular formula is C17H17N3O3. The molecule has 1 fully saturated rings. The predicted molar refractivity (Wildman–Crippen MR) is 85.5 cm³/mol. The Balaban J connectivity index is 1.82. The van der Waals surface area contributed by atoms with Crippen LogP contribution in [0.1, 0.15) is 46.5 Å². The fourth-order valence-electron chi connectivity index (χ4n) is 2.87. The molecule has 0 atom stereocenters. The number of ketones is 1. The molecule has 0 radical (unpaired) electrons. The molecule has 1 saturated carbocycles. The first-order valence-electron chi connectivity index (χ1n) is 7.65. The van der Waals surface area contributed by atoms with Gasteiger partial charge in [-0.3, -0.25) is 14.4 Å². The van der Waals surface area contributed by atoms with Crippen LogP contribution in [0.15, 0.2) is 41.2 Å². The van der Waals surface area contributed by atoms with Crippen LogP contribution in [0.4, 0.5) is 5.69 Å². The fourth-order valence-corrected chi connectivity index (χ4v) is 2.87. The Morgan fingerprint density at radius 1 is 1.09 bits per heavy atom. The molecule has 1 heterocycles. The number of amides is 1. The van der Waals surface area contributed by atoms with Gasteiger partial charge < -0.3 is 5.32 Å². The van der Waals surface area contributed by atoms with Crippen LogP contribution in [0.3, 0.4) is 0 Å². The predicted octanol–water partition coefficient (Wildman–Crippen LogP) is 2.40. The van der Waals surface area contributed by atoms with Crippen molar-refractivity contribution in [2.45, 2.75) is 25.7 Å². The summed E-state index contributed by atoms with van der Waals surface area (Å²) in [4.78, 5) is 35.8. The van der Waals surface area contributed by atoms with Gasteiger partial charge in [-0.15, -0.1) is 0 Å². The molecule has 1 aromatic heterocycles. The summed E-state index contributed by atoms with van der Waals surface area (Å²) in [6, 6.07) is 9.56. The van der Waals surface area contributed by atoms with Gasteiger partial charge in [-0.1, -0.05) is 25.0 Å². The highest BCUT2D eigenvalue weighted by molar-refractivity contribution is 6.09. The Morgan fingerprint density at radius 2 is 1.83 bits per heavy atom. The molecule has 0 aliphatic heterocycles. The zero-order valence-corrected chi connectivity index (χ0v) is 12.5. The van der Waals surface area contributed by atoms with Crippen molar-refractivity contribution in [3.63, 3.8) is 0 Å². The van der Waals surface area contributed by atoms with Gasteiger partial charge in [-0.25, -0.2) is 5.10 Å². The van der Waals surface area contributed by atoms with Crippen LogP contribution in [0.25, 0.3) is 0 Å². The van der Waals surface area contributed by atoms with Crippen LogP contribution in [-0.2, 0) is 0 Å². The summed E-state index contributed by atoms with van der Waals surface area (Å²) in [6.07, 6.45) is 3.96. The second-order valence-electron chi connectivity index (χ2n) is 5.65. The second-order valence-corrected chi connectivity index (χ2v) is 5.65. The zero-order valence-electron chi connectivity index (χ0n) is 12.5. The first-order chi connectivity index (χ1) is 11.1. The fraction of sp³-hybridized carbons (Fsp3) is 0.294. The van der Waals surface area contributed by atoms with Crippen LogP contribution in [-0.4, -0.2) is 21.9 Å². The van der Waals surface area contributed by atoms with Crippen LogP contribution >= 0.6 is 0 Å². The molecular weight excluding hydrogens is 294 g/mol. The molecule has 6 nitrogen and oxygen atoms in total. The second kappa shape index (κ2) is 6.56. The molecule has 6 heteroatoms. The normalized spacial score (nSPS) is 14.6. The van der Waals surface area contributed by atoms with Gasteiger partial charge in [-0.05, 0) is 31.0 Å². The van der Waals surface area contributed by atoms with Crippen molar-refractivity contribution >= 4 is 17.4 Å². The summed E-state index contributed by atoms with van der Waals surface area (Å²) >= 11 is 0. The third kappa shape index (κ3) is 3.36. The first kappa shape index (κ1) is 15.1. The minimum atomic E-state index is -0.465. The molecule has 2 N–H and O–H groups in total. The molecule has 118 valence electrons. The van der Waals surface area contributed by atoms with E-state index in [1.54, 1.807) is 24.3 Å². The van der Waals surface area contributed by atoms with Gasteiger partial charge in [0.1, 0.15) is 5.69 Å². The monoisotopic (exact) mass is 311 g/mol. The Hall–Kier alpha value is -2.76. The number of nitrogens with one attached hydrogen (secondary N) is 2. The number of H-pyrrole nitrogens is 1. The van der Waals surface area contributed by atoms with Crippen LogP contribution in [0.2, 0.25) is 0 Å². The van der Waals surface area contributed by atoms with E-state index in [1.807, 2.05) is 0 Å². The summed E-state index contributed by atoms with van der Waals surface area (Å²) in [6.45, 7) is 0. The van der Waals surface area contributed by atoms with E-state index in [2.05, 4.69) is 15.5 Å². The van der Waals surface area contributed by atoms with Crippen molar-refractivity contribution in [2.24, 2.45) is 5.92 Å². The summed E-state index contributed by atoms with van der Waals surface area (Å²) in [5.74, 6) is -0.347. The van der Waals surface area contributed by atoms with Crippen LogP contribution in [0, 0.1) is 5.92 Å². The lowest BCUT2D eigenvalue weighted by Gasteiger charge is -2.13. The topological polar surface area (TPSA) is 91.9 Å². The molecule has 23 heavy (non-hydrogen) atoms. The van der Waals surface area contributed by atoms with Crippen LogP contribution < -0.4 is 10.9 Å². The summed E-state index contributed by atoms with van der Waals surface area (Å²) in [5, 5.41) is 8.61. The maximum absolute atomic E-state index is 12.6. The molecule has 0 unspecified atom stereocenters. The highest BCUT2D eigenvalue weighted by Crippen LogP contribution is 2.30. The average molecular weight is 311 g/mol. The lowest BCUT2D eigenvalue weighted by atomic mass is 9.95. The minimum Gasteiger partial charge on any atom is -0.320 e. The Kier molecular flexibility index (Phi) is 4.32. The number of aromatic nitrogens is 2. The number of para-hydroxylation sites is 1. The molecule has 1 amide bonds. The smallest absolute Gasteiger partial charge is 0.276 e. The lowest BCUT2D eigenvalue weighted by Crippen LogP contribution is -2.20. The number of hydrogen-bond acceptors (Lipinski definition) is 4. The van der Waals surface area contributed by atoms with E-state index in [0.717, 1.165) is 25.7 Å². The Labute approximate surface area is 132 Å². The largest absolute Gasteiger partial charge is 0.320 e. The van der Waals surface area contributed by atoms with Crippen LogP contribution in [0.5, 0.6) is 0 Å². The van der Waals surface area contributed by atoms with Gasteiger partial charge in [0.2, 0.25) is 0 Å². The van der Waals surface area contributed by atoms with Crippen molar-refractivity contribution in [2.75, 3.05) is 5.32 Å². The standard InChI is InChI=1S/C17H17N3O3/c21-15-10-9-14(19-20-15)17(23)18-13-8-4-3-7-12(13)16(22)11-5-1-2-6-11/h3-4,7-11H,1-2,5-6H2,(H,18,23)(H,20,21). The molecule has 1 aliphatic rings. The Bertz CT molecular complexity index is 771. The maximum atomic E-state index is 12.6. The molecule has 0 bridgehead atoms. The lowest BCUT2D eigenvalue weighted by molar-refractivity contribution is 0.0924. The number of hydrogen-bond donors (Lipinski definition) is 2. The average Bonchev–Trinajstić information content (AvgIpc) is 3.10.